The van der Waals surface area contributed by atoms with Crippen LogP contribution in [0.25, 0.3) is 17.0 Å². The Hall–Kier alpha value is -3.73. The highest BCUT2D eigenvalue weighted by Crippen LogP contribution is 2.38. The van der Waals surface area contributed by atoms with Crippen LogP contribution in [-0.2, 0) is 30.9 Å². The first kappa shape index (κ1) is 31.7. The molecule has 1 aliphatic carbocycles. The fraction of sp³-hybridized carbons (Fsp3) is 0.441. The van der Waals surface area contributed by atoms with Crippen LogP contribution in [0.15, 0.2) is 54.9 Å². The number of nitrogens with zero attached hydrogens (tertiary/aromatic N) is 2. The van der Waals surface area contributed by atoms with Gasteiger partial charge in [0.15, 0.2) is 17.4 Å². The highest BCUT2D eigenvalue weighted by Gasteiger charge is 2.37. The molecule has 5 rings (SSSR count). The van der Waals surface area contributed by atoms with Crippen molar-refractivity contribution < 1.29 is 29.0 Å². The lowest BCUT2D eigenvalue weighted by Crippen LogP contribution is -2.42. The monoisotopic (exact) mass is 617 g/mol. The molecule has 0 saturated carbocycles. The fourth-order valence-corrected chi connectivity index (χ4v) is 6.42. The molecule has 3 aromatic rings. The van der Waals surface area contributed by atoms with Gasteiger partial charge in [0.1, 0.15) is 6.04 Å². The van der Waals surface area contributed by atoms with E-state index in [1.807, 2.05) is 48.8 Å². The molecule has 44 heavy (non-hydrogen) atoms. The van der Waals surface area contributed by atoms with Crippen LogP contribution in [0.4, 0.5) is 0 Å². The number of ether oxygens (including phenoxy) is 2. The van der Waals surface area contributed by atoms with E-state index in [0.29, 0.717) is 23.9 Å². The summed E-state index contributed by atoms with van der Waals surface area (Å²) < 4.78 is 11.6. The Labute approximate surface area is 261 Å². The smallest absolute Gasteiger partial charge is 0.325 e. The van der Waals surface area contributed by atoms with Crippen molar-refractivity contribution in [1.82, 2.24) is 15.3 Å². The van der Waals surface area contributed by atoms with E-state index in [2.05, 4.69) is 42.1 Å². The Bertz CT molecular complexity index is 1530. The summed E-state index contributed by atoms with van der Waals surface area (Å²) in [4.78, 5) is 48.7. The van der Waals surface area contributed by atoms with Gasteiger partial charge in [-0.05, 0) is 48.4 Å². The molecule has 1 amide bonds. The van der Waals surface area contributed by atoms with E-state index in [0.717, 1.165) is 40.8 Å². The van der Waals surface area contributed by atoms with Crippen LogP contribution in [-0.4, -0.2) is 57.8 Å². The normalized spacial score (nSPS) is 17.6. The van der Waals surface area contributed by atoms with Crippen LogP contribution in [0.1, 0.15) is 79.1 Å². The first-order valence-corrected chi connectivity index (χ1v) is 15.8. The third kappa shape index (κ3) is 7.49. The van der Waals surface area contributed by atoms with Gasteiger partial charge in [0.05, 0.1) is 18.1 Å². The Balaban J connectivity index is 1.27. The van der Waals surface area contributed by atoms with Gasteiger partial charge >= 0.3 is 5.97 Å². The van der Waals surface area contributed by atoms with Crippen LogP contribution in [0.2, 0.25) is 0 Å². The number of aromatic nitrogens is 2. The molecule has 2 aromatic heterocycles. The van der Waals surface area contributed by atoms with Crippen molar-refractivity contribution in [3.63, 3.8) is 0 Å². The number of carbonyl (C=O) groups is 3. The number of nitrogens with one attached hydrogen (secondary N) is 1. The molecule has 2 N–H and O–H groups in total. The molecule has 1 saturated heterocycles. The molecule has 1 aromatic carbocycles. The van der Waals surface area contributed by atoms with Crippen LogP contribution in [0, 0.1) is 5.92 Å². The highest BCUT2D eigenvalue weighted by atomic mass is 32.1. The molecular weight excluding hydrogens is 578 g/mol. The van der Waals surface area contributed by atoms with Gasteiger partial charge in [0.25, 0.3) is 0 Å². The average molecular weight is 618 g/mol. The Morgan fingerprint density at radius 2 is 1.70 bits per heavy atom. The number of rotatable bonds is 10. The number of carboxylic acids is 1. The summed E-state index contributed by atoms with van der Waals surface area (Å²) in [7, 11) is 0. The molecule has 2 aliphatic rings. The molecule has 9 nitrogen and oxygen atoms in total. The lowest BCUT2D eigenvalue weighted by Gasteiger charge is -2.30. The minimum absolute atomic E-state index is 0.0240. The van der Waals surface area contributed by atoms with Crippen LogP contribution in [0.3, 0.4) is 0 Å². The third-order valence-electron chi connectivity index (χ3n) is 8.12. The lowest BCUT2D eigenvalue weighted by atomic mass is 9.91. The maximum Gasteiger partial charge on any atom is 0.325 e. The molecule has 1 fully saturated rings. The number of Topliss-reactive ketones (excluding diaryl/α,β-unsaturated/α-hetero) is 1. The molecule has 1 spiro atoms. The van der Waals surface area contributed by atoms with E-state index in [1.54, 1.807) is 0 Å². The highest BCUT2D eigenvalue weighted by molar-refractivity contribution is 7.14. The molecule has 0 bridgehead atoms. The van der Waals surface area contributed by atoms with Crippen molar-refractivity contribution in [2.24, 2.45) is 5.92 Å². The second-order valence-corrected chi connectivity index (χ2v) is 13.6. The molecule has 0 radical (unpaired) electrons. The van der Waals surface area contributed by atoms with Crippen molar-refractivity contribution in [1.29, 1.82) is 0 Å². The minimum Gasteiger partial charge on any atom is -0.480 e. The molecule has 1 aliphatic heterocycles. The summed E-state index contributed by atoms with van der Waals surface area (Å²) in [5, 5.41) is 11.9. The van der Waals surface area contributed by atoms with Gasteiger partial charge in [-0.2, -0.15) is 0 Å². The fourth-order valence-electron chi connectivity index (χ4n) is 5.41. The maximum atomic E-state index is 13.2. The lowest BCUT2D eigenvalue weighted by molar-refractivity contribution is -0.159. The largest absolute Gasteiger partial charge is 0.480 e. The van der Waals surface area contributed by atoms with E-state index in [9.17, 15) is 19.5 Å². The Morgan fingerprint density at radius 1 is 1.02 bits per heavy atom. The zero-order chi connectivity index (χ0) is 31.5. The van der Waals surface area contributed by atoms with Crippen molar-refractivity contribution in [3.8, 4) is 11.4 Å². The molecule has 2 atom stereocenters. The van der Waals surface area contributed by atoms with Gasteiger partial charge < -0.3 is 19.9 Å². The van der Waals surface area contributed by atoms with E-state index in [1.165, 1.54) is 23.8 Å². The minimum atomic E-state index is -1.13. The number of ketones is 1. The average Bonchev–Trinajstić information content (AvgIpc) is 3.69. The van der Waals surface area contributed by atoms with E-state index < -0.39 is 29.6 Å². The van der Waals surface area contributed by atoms with E-state index in [-0.39, 0.29) is 24.0 Å². The standard InChI is InChI=1S/C34H39N3O6S/c1-21(32(40)41)37-31(39)25(18-27(38)28-9-10-29(44-28)33(2,3)4)17-22-5-7-24(8-6-22)30-35-19-26(20-36-30)23-11-13-34(14-12-23)42-15-16-43-34/h5-11,19-21,25H,12-18H2,1-4H3,(H,37,39)(H,40,41)/t21-,25-/m1/s1. The summed E-state index contributed by atoms with van der Waals surface area (Å²) in [6.07, 6.45) is 8.45. The summed E-state index contributed by atoms with van der Waals surface area (Å²) in [5.74, 6) is -2.33. The van der Waals surface area contributed by atoms with Gasteiger partial charge in [0, 0.05) is 53.6 Å². The quantitative estimate of drug-likeness (QED) is 0.272. The van der Waals surface area contributed by atoms with Gasteiger partial charge in [-0.25, -0.2) is 9.97 Å². The number of carbonyl (C=O) groups excluding carboxylic acids is 2. The topological polar surface area (TPSA) is 128 Å². The predicted molar refractivity (Wildman–Crippen MR) is 168 cm³/mol. The van der Waals surface area contributed by atoms with Crippen LogP contribution in [0.5, 0.6) is 0 Å². The second-order valence-electron chi connectivity index (χ2n) is 12.5. The van der Waals surface area contributed by atoms with Crippen molar-refractivity contribution in [2.45, 2.75) is 77.0 Å². The molecule has 232 valence electrons. The summed E-state index contributed by atoms with van der Waals surface area (Å²) in [5.41, 5.74) is 3.76. The number of hydrogen-bond donors (Lipinski definition) is 2. The SMILES string of the molecule is C[C@@H](NC(=O)[C@@H](CC(=O)c1ccc(C(C)(C)C)s1)Cc1ccc(-c2ncc(C3=CCC4(CC3)OCCO4)cn2)cc1)C(=O)O. The second kappa shape index (κ2) is 13.1. The van der Waals surface area contributed by atoms with Gasteiger partial charge in [-0.1, -0.05) is 51.1 Å². The van der Waals surface area contributed by atoms with E-state index in [4.69, 9.17) is 9.47 Å². The number of amides is 1. The predicted octanol–water partition coefficient (Wildman–Crippen LogP) is 5.83. The summed E-state index contributed by atoms with van der Waals surface area (Å²) >= 11 is 1.44. The van der Waals surface area contributed by atoms with Crippen LogP contribution >= 0.6 is 11.3 Å². The third-order valence-corrected chi connectivity index (χ3v) is 9.67. The zero-order valence-electron chi connectivity index (χ0n) is 25.6. The van der Waals surface area contributed by atoms with E-state index >= 15 is 0 Å². The maximum absolute atomic E-state index is 13.2. The number of carboxylic acid groups (broad SMARTS) is 1. The first-order valence-electron chi connectivity index (χ1n) is 15.0. The number of thiophene rings is 1. The Kier molecular flexibility index (Phi) is 9.43. The van der Waals surface area contributed by atoms with Crippen LogP contribution < -0.4 is 5.32 Å². The van der Waals surface area contributed by atoms with Gasteiger partial charge in [-0.15, -0.1) is 11.3 Å². The Morgan fingerprint density at radius 3 is 2.27 bits per heavy atom. The number of allylic oxidation sites excluding steroid dienone is 1. The molecular formula is C34H39N3O6S. The molecule has 3 heterocycles. The van der Waals surface area contributed by atoms with Crippen molar-refractivity contribution >= 4 is 34.6 Å². The number of aliphatic carboxylic acids is 1. The number of hydrogen-bond acceptors (Lipinski definition) is 8. The first-order chi connectivity index (χ1) is 20.9. The zero-order valence-corrected chi connectivity index (χ0v) is 26.4. The summed E-state index contributed by atoms with van der Waals surface area (Å²) in [6, 6.07) is 10.3. The number of benzene rings is 1. The molecule has 0 unspecified atom stereocenters. The van der Waals surface area contributed by atoms with Gasteiger partial charge in [-0.3, -0.25) is 14.4 Å². The molecule has 10 heteroatoms. The summed E-state index contributed by atoms with van der Waals surface area (Å²) in [6.45, 7) is 8.96. The van der Waals surface area contributed by atoms with Crippen molar-refractivity contribution in [3.05, 3.63) is 75.7 Å². The van der Waals surface area contributed by atoms with Gasteiger partial charge in [0.2, 0.25) is 5.91 Å². The van der Waals surface area contributed by atoms with Crippen molar-refractivity contribution in [2.75, 3.05) is 13.2 Å².